The fourth-order valence-electron chi connectivity index (χ4n) is 8.22. The molecular formula is C33H37FN5O7PS. The molecule has 6 atom stereocenters. The molecule has 12 nitrogen and oxygen atoms in total. The Balaban J connectivity index is 0.933. The first kappa shape index (κ1) is 31.8. The van der Waals surface area contributed by atoms with Gasteiger partial charge in [-0.25, -0.2) is 4.39 Å². The Morgan fingerprint density at radius 3 is 2.67 bits per heavy atom. The van der Waals surface area contributed by atoms with Crippen molar-refractivity contribution in [2.24, 2.45) is 0 Å². The van der Waals surface area contributed by atoms with Crippen LogP contribution in [0.25, 0.3) is 10.1 Å². The van der Waals surface area contributed by atoms with Crippen LogP contribution in [0, 0.1) is 0 Å². The van der Waals surface area contributed by atoms with Crippen molar-refractivity contribution in [3.63, 3.8) is 0 Å². The van der Waals surface area contributed by atoms with Crippen molar-refractivity contribution in [3.05, 3.63) is 58.7 Å². The average molecular weight is 698 g/mol. The number of ether oxygens (including phenoxy) is 1. The van der Waals surface area contributed by atoms with Gasteiger partial charge in [0, 0.05) is 59.9 Å². The lowest BCUT2D eigenvalue weighted by Crippen LogP contribution is -2.58. The minimum atomic E-state index is -4.98. The number of carbonyl (C=O) groups excluding carboxylic acids is 3. The zero-order valence-corrected chi connectivity index (χ0v) is 27.8. The molecule has 0 saturated carbocycles. The van der Waals surface area contributed by atoms with E-state index in [2.05, 4.69) is 21.3 Å². The van der Waals surface area contributed by atoms with Crippen LogP contribution >= 0.6 is 18.9 Å². The number of carbonyl (C=O) groups is 3. The second kappa shape index (κ2) is 12.2. The van der Waals surface area contributed by atoms with E-state index in [0.29, 0.717) is 46.9 Å². The van der Waals surface area contributed by atoms with Gasteiger partial charge in [-0.05, 0) is 73.7 Å². The molecule has 5 aliphatic heterocycles. The second-order valence-electron chi connectivity index (χ2n) is 13.7. The average Bonchev–Trinajstić information content (AvgIpc) is 3.85. The molecule has 1 unspecified atom stereocenters. The van der Waals surface area contributed by atoms with Crippen molar-refractivity contribution in [3.8, 4) is 0 Å². The van der Waals surface area contributed by atoms with Crippen LogP contribution in [0.15, 0.2) is 42.7 Å². The summed E-state index contributed by atoms with van der Waals surface area (Å²) in [7, 11) is -4.98. The summed E-state index contributed by atoms with van der Waals surface area (Å²) in [5.41, 5.74) is 2.15. The number of rotatable bonds is 7. The Morgan fingerprint density at radius 1 is 1.08 bits per heavy atom. The number of thiophene rings is 1. The zero-order chi connectivity index (χ0) is 33.3. The minimum Gasteiger partial charge on any atom is -0.374 e. The number of benzene rings is 1. The summed E-state index contributed by atoms with van der Waals surface area (Å²) in [4.78, 5) is 70.4. The number of alkyl halides is 1. The number of aromatic nitrogens is 1. The van der Waals surface area contributed by atoms with Crippen LogP contribution in [0.4, 0.5) is 10.1 Å². The predicted molar refractivity (Wildman–Crippen MR) is 176 cm³/mol. The maximum atomic E-state index is 14.3. The Labute approximate surface area is 280 Å². The van der Waals surface area contributed by atoms with E-state index < -0.39 is 31.5 Å². The third-order valence-electron chi connectivity index (χ3n) is 10.7. The molecule has 1 aromatic carbocycles. The van der Waals surface area contributed by atoms with Gasteiger partial charge in [0.15, 0.2) is 0 Å². The molecule has 0 radical (unpaired) electrons. The SMILES string of the molecule is O=C(N[C@H]1CCC[C@H]2CC[C@@H](C(=O)N3CC(c4cnccc4N4C[C@@H]5C[C@H]4CO5)C3)N2C1=O)c1cc2cc(C(F)P(=O)(O)O)ccc2s1. The number of hydrogen-bond donors (Lipinski definition) is 3. The molecule has 3 aromatic rings. The number of amides is 3. The van der Waals surface area contributed by atoms with Crippen LogP contribution in [0.1, 0.15) is 71.2 Å². The number of halogens is 1. The fraction of sp³-hybridized carbons (Fsp3) is 0.515. The van der Waals surface area contributed by atoms with Crippen LogP contribution in [0.3, 0.4) is 0 Å². The van der Waals surface area contributed by atoms with Crippen molar-refractivity contribution in [2.45, 2.75) is 80.6 Å². The lowest BCUT2D eigenvalue weighted by molar-refractivity contribution is -0.148. The van der Waals surface area contributed by atoms with Crippen molar-refractivity contribution in [1.29, 1.82) is 0 Å². The molecule has 2 bridgehead atoms. The van der Waals surface area contributed by atoms with E-state index in [1.54, 1.807) is 4.90 Å². The van der Waals surface area contributed by atoms with Crippen molar-refractivity contribution in [2.75, 3.05) is 31.1 Å². The molecule has 7 heterocycles. The lowest BCUT2D eigenvalue weighted by Gasteiger charge is -2.44. The molecular weight excluding hydrogens is 660 g/mol. The lowest BCUT2D eigenvalue weighted by atomic mass is 9.90. The van der Waals surface area contributed by atoms with E-state index in [0.717, 1.165) is 55.7 Å². The summed E-state index contributed by atoms with van der Waals surface area (Å²) in [5, 5.41) is 3.36. The molecule has 254 valence electrons. The maximum Gasteiger partial charge on any atom is 0.363 e. The third kappa shape index (κ3) is 5.61. The van der Waals surface area contributed by atoms with Gasteiger partial charge in [0.25, 0.3) is 5.91 Å². The molecule has 5 aliphatic rings. The number of likely N-dealkylation sites (tertiary alicyclic amines) is 1. The number of anilines is 1. The standard InChI is InChI=1S/C33H37FN5O7PS/c34-30(47(43,44)45)18-4-7-28-19(10-18)11-29(48-28)31(40)36-25-3-1-2-21-5-6-27(39(21)32(25)41)33(42)37-14-20(15-37)24-13-35-9-8-26(24)38-16-23-12-22(38)17-46-23/h4,7-11,13,20-23,25,27,30H,1-3,5-6,12,14-17H2,(H,36,40)(H2,43,44,45)/t21-,22-,23-,25-,27-,30?/m0/s1. The molecule has 48 heavy (non-hydrogen) atoms. The number of morpholine rings is 1. The predicted octanol–water partition coefficient (Wildman–Crippen LogP) is 3.69. The van der Waals surface area contributed by atoms with E-state index in [1.165, 1.54) is 30.0 Å². The summed E-state index contributed by atoms with van der Waals surface area (Å²) in [5.74, 6) is -3.03. The quantitative estimate of drug-likeness (QED) is 0.314. The van der Waals surface area contributed by atoms with E-state index in [9.17, 15) is 33.1 Å². The van der Waals surface area contributed by atoms with Crippen LogP contribution in [0.2, 0.25) is 0 Å². The number of hydrogen-bond acceptors (Lipinski definition) is 8. The van der Waals surface area contributed by atoms with Gasteiger partial charge < -0.3 is 34.5 Å². The maximum absolute atomic E-state index is 14.3. The molecule has 8 rings (SSSR count). The highest BCUT2D eigenvalue weighted by molar-refractivity contribution is 7.51. The van der Waals surface area contributed by atoms with Gasteiger partial charge in [0.1, 0.15) is 12.1 Å². The Hall–Kier alpha value is -3.42. The molecule has 3 N–H and O–H groups in total. The molecule has 5 fully saturated rings. The van der Waals surface area contributed by atoms with Crippen LogP contribution < -0.4 is 10.2 Å². The van der Waals surface area contributed by atoms with E-state index in [4.69, 9.17) is 4.74 Å². The Kier molecular flexibility index (Phi) is 8.07. The van der Waals surface area contributed by atoms with Gasteiger partial charge in [-0.2, -0.15) is 0 Å². The van der Waals surface area contributed by atoms with Crippen LogP contribution in [-0.2, 0) is 18.9 Å². The normalized spacial score (nSPS) is 28.0. The van der Waals surface area contributed by atoms with Gasteiger partial charge in [0.05, 0.1) is 23.6 Å². The van der Waals surface area contributed by atoms with E-state index in [1.807, 2.05) is 17.3 Å². The summed E-state index contributed by atoms with van der Waals surface area (Å²) in [6.45, 7) is 2.76. The monoisotopic (exact) mass is 697 g/mol. The Bertz CT molecular complexity index is 1830. The van der Waals surface area contributed by atoms with Gasteiger partial charge in [-0.1, -0.05) is 6.07 Å². The third-order valence-corrected chi connectivity index (χ3v) is 12.7. The number of fused-ring (bicyclic) bond motifs is 4. The fourth-order valence-corrected chi connectivity index (χ4v) is 9.71. The molecule has 0 spiro atoms. The second-order valence-corrected chi connectivity index (χ2v) is 16.4. The van der Waals surface area contributed by atoms with Crippen molar-refractivity contribution >= 4 is 52.4 Å². The van der Waals surface area contributed by atoms with Gasteiger partial charge in [0.2, 0.25) is 17.7 Å². The summed E-state index contributed by atoms with van der Waals surface area (Å²) in [6.07, 6.45) is 8.34. The minimum absolute atomic E-state index is 0.0464. The van der Waals surface area contributed by atoms with Gasteiger partial charge in [-0.3, -0.25) is 23.9 Å². The zero-order valence-electron chi connectivity index (χ0n) is 26.1. The topological polar surface area (TPSA) is 153 Å². The first-order valence-corrected chi connectivity index (χ1v) is 19.0. The summed E-state index contributed by atoms with van der Waals surface area (Å²) >= 11 is 1.15. The highest BCUT2D eigenvalue weighted by Gasteiger charge is 2.48. The van der Waals surface area contributed by atoms with E-state index in [-0.39, 0.29) is 35.4 Å². The Morgan fingerprint density at radius 2 is 1.92 bits per heavy atom. The molecule has 0 aliphatic carbocycles. The molecule has 15 heteroatoms. The molecule has 2 aromatic heterocycles. The van der Waals surface area contributed by atoms with Crippen LogP contribution in [0.5, 0.6) is 0 Å². The van der Waals surface area contributed by atoms with Crippen LogP contribution in [-0.4, -0.2) is 98.8 Å². The number of nitrogens with one attached hydrogen (secondary N) is 1. The smallest absolute Gasteiger partial charge is 0.363 e. The molecule has 5 saturated heterocycles. The number of pyridine rings is 1. The van der Waals surface area contributed by atoms with E-state index >= 15 is 0 Å². The number of nitrogens with zero attached hydrogens (tertiary/aromatic N) is 4. The molecule has 3 amide bonds. The highest BCUT2D eigenvalue weighted by atomic mass is 32.1. The first-order chi connectivity index (χ1) is 23.0. The van der Waals surface area contributed by atoms with Crippen molar-refractivity contribution < 1.29 is 37.9 Å². The van der Waals surface area contributed by atoms with Crippen molar-refractivity contribution in [1.82, 2.24) is 20.1 Å². The van der Waals surface area contributed by atoms with Gasteiger partial charge >= 0.3 is 7.60 Å². The summed E-state index contributed by atoms with van der Waals surface area (Å²) < 4.78 is 32.1. The summed E-state index contributed by atoms with van der Waals surface area (Å²) in [6, 6.07) is 6.73. The first-order valence-electron chi connectivity index (χ1n) is 16.5. The largest absolute Gasteiger partial charge is 0.374 e. The highest BCUT2D eigenvalue weighted by Crippen LogP contribution is 2.53. The van der Waals surface area contributed by atoms with Gasteiger partial charge in [-0.15, -0.1) is 11.3 Å².